The molecule has 0 aliphatic rings. The topological polar surface area (TPSA) is 20.3 Å². The highest BCUT2D eigenvalue weighted by Gasteiger charge is 2.11. The minimum atomic E-state index is 0.0557. The average molecular weight is 327 g/mol. The average Bonchev–Trinajstić information content (AvgIpc) is 2.67. The maximum absolute atomic E-state index is 12.3. The van der Waals surface area contributed by atoms with Gasteiger partial charge in [0.1, 0.15) is 0 Å². The number of ketones is 1. The van der Waals surface area contributed by atoms with E-state index in [4.69, 9.17) is 0 Å². The summed E-state index contributed by atoms with van der Waals surface area (Å²) in [4.78, 5) is 14.4. The first-order chi connectivity index (χ1) is 12.2. The largest absolute Gasteiger partial charge is 0.343 e. The molecule has 0 atom stereocenters. The summed E-state index contributed by atoms with van der Waals surface area (Å²) in [6.45, 7) is 2.32. The Morgan fingerprint density at radius 2 is 1.32 bits per heavy atom. The van der Waals surface area contributed by atoms with E-state index < -0.39 is 0 Å². The summed E-state index contributed by atoms with van der Waals surface area (Å²) in [6.07, 6.45) is 1.96. The van der Waals surface area contributed by atoms with Crippen molar-refractivity contribution in [3.05, 3.63) is 108 Å². The molecule has 3 aromatic rings. The first-order valence-electron chi connectivity index (χ1n) is 8.38. The maximum atomic E-state index is 12.3. The lowest BCUT2D eigenvalue weighted by Gasteiger charge is -2.22. The zero-order valence-electron chi connectivity index (χ0n) is 14.3. The minimum Gasteiger partial charge on any atom is -0.343 e. The molecule has 0 spiro atoms. The molecule has 0 fully saturated rings. The third-order valence-corrected chi connectivity index (χ3v) is 4.03. The fourth-order valence-electron chi connectivity index (χ4n) is 2.75. The van der Waals surface area contributed by atoms with Gasteiger partial charge in [0.05, 0.1) is 0 Å². The quantitative estimate of drug-likeness (QED) is 0.571. The Kier molecular flexibility index (Phi) is 5.43. The Hall–Kier alpha value is -3.13. The second-order valence-corrected chi connectivity index (χ2v) is 5.91. The number of allylic oxidation sites excluding steroid dienone is 1. The van der Waals surface area contributed by atoms with Crippen molar-refractivity contribution < 1.29 is 4.79 Å². The van der Waals surface area contributed by atoms with Crippen molar-refractivity contribution in [3.63, 3.8) is 0 Å². The molecule has 0 bridgehead atoms. The Bertz CT molecular complexity index is 839. The molecule has 3 aromatic carbocycles. The SMILES string of the molecule is CC(=O)/C(=C\N(Cc1ccccc1)c1ccccc1)c1ccccc1. The first-order valence-corrected chi connectivity index (χ1v) is 8.38. The summed E-state index contributed by atoms with van der Waals surface area (Å²) in [5.74, 6) is 0.0557. The first kappa shape index (κ1) is 16.7. The van der Waals surface area contributed by atoms with Gasteiger partial charge in [0.15, 0.2) is 5.78 Å². The predicted molar refractivity (Wildman–Crippen MR) is 104 cm³/mol. The van der Waals surface area contributed by atoms with Crippen LogP contribution in [0.4, 0.5) is 5.69 Å². The number of carbonyl (C=O) groups is 1. The van der Waals surface area contributed by atoms with E-state index in [9.17, 15) is 4.79 Å². The van der Waals surface area contributed by atoms with Crippen molar-refractivity contribution in [2.75, 3.05) is 4.90 Å². The summed E-state index contributed by atoms with van der Waals surface area (Å²) in [6, 6.07) is 30.2. The third-order valence-electron chi connectivity index (χ3n) is 4.03. The molecule has 2 heteroatoms. The monoisotopic (exact) mass is 327 g/mol. The number of anilines is 1. The van der Waals surface area contributed by atoms with Gasteiger partial charge >= 0.3 is 0 Å². The van der Waals surface area contributed by atoms with Crippen LogP contribution in [0.15, 0.2) is 97.2 Å². The number of hydrogen-bond acceptors (Lipinski definition) is 2. The summed E-state index contributed by atoms with van der Waals surface area (Å²) < 4.78 is 0. The van der Waals surface area contributed by atoms with E-state index >= 15 is 0 Å². The van der Waals surface area contributed by atoms with Crippen molar-refractivity contribution in [3.8, 4) is 0 Å². The highest BCUT2D eigenvalue weighted by Crippen LogP contribution is 2.22. The van der Waals surface area contributed by atoms with Gasteiger partial charge in [0, 0.05) is 24.0 Å². The van der Waals surface area contributed by atoms with E-state index in [1.807, 2.05) is 72.9 Å². The molecule has 124 valence electrons. The van der Waals surface area contributed by atoms with Crippen LogP contribution in [0.2, 0.25) is 0 Å². The van der Waals surface area contributed by atoms with Crippen molar-refractivity contribution in [2.24, 2.45) is 0 Å². The van der Waals surface area contributed by atoms with Gasteiger partial charge in [-0.2, -0.15) is 0 Å². The van der Waals surface area contributed by atoms with Crippen LogP contribution in [-0.4, -0.2) is 5.78 Å². The molecule has 0 heterocycles. The lowest BCUT2D eigenvalue weighted by Crippen LogP contribution is -2.17. The van der Waals surface area contributed by atoms with Crippen LogP contribution in [0.5, 0.6) is 0 Å². The number of hydrogen-bond donors (Lipinski definition) is 0. The summed E-state index contributed by atoms with van der Waals surface area (Å²) in [5, 5.41) is 0. The maximum Gasteiger partial charge on any atom is 0.161 e. The normalized spacial score (nSPS) is 11.2. The molecular weight excluding hydrogens is 306 g/mol. The Balaban J connectivity index is 2.02. The fourth-order valence-corrected chi connectivity index (χ4v) is 2.75. The van der Waals surface area contributed by atoms with Crippen molar-refractivity contribution in [1.82, 2.24) is 0 Å². The number of para-hydroxylation sites is 1. The predicted octanol–water partition coefficient (Wildman–Crippen LogP) is 5.32. The van der Waals surface area contributed by atoms with Crippen LogP contribution in [0, 0.1) is 0 Å². The van der Waals surface area contributed by atoms with Gasteiger partial charge in [-0.05, 0) is 30.2 Å². The van der Waals surface area contributed by atoms with Crippen LogP contribution >= 0.6 is 0 Å². The number of rotatable bonds is 6. The van der Waals surface area contributed by atoms with Crippen LogP contribution < -0.4 is 4.90 Å². The standard InChI is InChI=1S/C23H21NO/c1-19(25)23(21-13-7-3-8-14-21)18-24(22-15-9-4-10-16-22)17-20-11-5-2-6-12-20/h2-16,18H,17H2,1H3/b23-18+. The Morgan fingerprint density at radius 3 is 1.88 bits per heavy atom. The minimum absolute atomic E-state index is 0.0557. The van der Waals surface area contributed by atoms with Gasteiger partial charge in [-0.25, -0.2) is 0 Å². The molecule has 0 N–H and O–H groups in total. The van der Waals surface area contributed by atoms with Crippen LogP contribution in [0.3, 0.4) is 0 Å². The fraction of sp³-hybridized carbons (Fsp3) is 0.0870. The van der Waals surface area contributed by atoms with Gasteiger partial charge in [-0.1, -0.05) is 78.9 Å². The van der Waals surface area contributed by atoms with Crippen LogP contribution in [-0.2, 0) is 11.3 Å². The molecule has 0 saturated heterocycles. The van der Waals surface area contributed by atoms with E-state index in [2.05, 4.69) is 29.2 Å². The highest BCUT2D eigenvalue weighted by molar-refractivity contribution is 6.19. The molecule has 0 radical (unpaired) electrons. The number of benzene rings is 3. The number of Topliss-reactive ketones (excluding diaryl/α,β-unsaturated/α-hetero) is 1. The van der Waals surface area contributed by atoms with Crippen molar-refractivity contribution >= 4 is 17.0 Å². The lowest BCUT2D eigenvalue weighted by molar-refractivity contribution is -0.111. The second kappa shape index (κ2) is 8.11. The van der Waals surface area contributed by atoms with Gasteiger partial charge in [0.2, 0.25) is 0 Å². The van der Waals surface area contributed by atoms with E-state index in [1.165, 1.54) is 5.56 Å². The number of carbonyl (C=O) groups excluding carboxylic acids is 1. The van der Waals surface area contributed by atoms with E-state index in [0.717, 1.165) is 11.3 Å². The van der Waals surface area contributed by atoms with Gasteiger partial charge < -0.3 is 4.90 Å². The van der Waals surface area contributed by atoms with Gasteiger partial charge in [-0.3, -0.25) is 4.79 Å². The molecule has 0 aliphatic heterocycles. The van der Waals surface area contributed by atoms with Crippen LogP contribution in [0.1, 0.15) is 18.1 Å². The Morgan fingerprint density at radius 1 is 0.800 bits per heavy atom. The summed E-state index contributed by atoms with van der Waals surface area (Å²) in [7, 11) is 0. The lowest BCUT2D eigenvalue weighted by atomic mass is 10.0. The Labute approximate surface area is 149 Å². The molecule has 0 aromatic heterocycles. The molecule has 0 aliphatic carbocycles. The second-order valence-electron chi connectivity index (χ2n) is 5.91. The summed E-state index contributed by atoms with van der Waals surface area (Å²) >= 11 is 0. The zero-order chi connectivity index (χ0) is 17.5. The van der Waals surface area contributed by atoms with Crippen molar-refractivity contribution in [1.29, 1.82) is 0 Å². The van der Waals surface area contributed by atoms with E-state index in [0.29, 0.717) is 12.1 Å². The van der Waals surface area contributed by atoms with Gasteiger partial charge in [-0.15, -0.1) is 0 Å². The molecule has 25 heavy (non-hydrogen) atoms. The number of nitrogens with zero attached hydrogens (tertiary/aromatic N) is 1. The molecule has 0 saturated carbocycles. The van der Waals surface area contributed by atoms with Crippen molar-refractivity contribution in [2.45, 2.75) is 13.5 Å². The van der Waals surface area contributed by atoms with Crippen LogP contribution in [0.25, 0.3) is 5.57 Å². The summed E-state index contributed by atoms with van der Waals surface area (Å²) in [5.41, 5.74) is 3.89. The molecule has 0 amide bonds. The third kappa shape index (κ3) is 4.45. The smallest absolute Gasteiger partial charge is 0.161 e. The molecule has 3 rings (SSSR count). The molecule has 0 unspecified atom stereocenters. The van der Waals surface area contributed by atoms with Gasteiger partial charge in [0.25, 0.3) is 0 Å². The van der Waals surface area contributed by atoms with E-state index in [1.54, 1.807) is 6.92 Å². The molecule has 2 nitrogen and oxygen atoms in total. The van der Waals surface area contributed by atoms with E-state index in [-0.39, 0.29) is 5.78 Å². The molecular formula is C23H21NO. The zero-order valence-corrected chi connectivity index (χ0v) is 14.3. The highest BCUT2D eigenvalue weighted by atomic mass is 16.1.